The number of amides is 1. The summed E-state index contributed by atoms with van der Waals surface area (Å²) >= 11 is 0. The molecule has 9 N–H and O–H groups in total. The van der Waals surface area contributed by atoms with Crippen molar-refractivity contribution in [2.75, 3.05) is 19.8 Å². The number of aliphatic hydroxyl groups is 8. The van der Waals surface area contributed by atoms with E-state index in [1.807, 2.05) is 6.08 Å². The first-order chi connectivity index (χ1) is 36.6. The third-order valence-electron chi connectivity index (χ3n) is 15.1. The van der Waals surface area contributed by atoms with E-state index in [0.717, 1.165) is 44.9 Å². The quantitative estimate of drug-likeness (QED) is 0.0204. The Bertz CT molecular complexity index is 1400. The average Bonchev–Trinajstić information content (AvgIpc) is 3.41. The summed E-state index contributed by atoms with van der Waals surface area (Å²) in [5.74, 6) is -0.251. The van der Waals surface area contributed by atoms with E-state index in [-0.39, 0.29) is 18.9 Å². The van der Waals surface area contributed by atoms with Gasteiger partial charge in [-0.3, -0.25) is 4.79 Å². The van der Waals surface area contributed by atoms with Crippen molar-refractivity contribution in [2.24, 2.45) is 0 Å². The van der Waals surface area contributed by atoms with Crippen LogP contribution in [0.15, 0.2) is 36.5 Å². The fourth-order valence-electron chi connectivity index (χ4n) is 10.1. The third kappa shape index (κ3) is 32.8. The fourth-order valence-corrected chi connectivity index (χ4v) is 10.1. The monoisotopic (exact) mass is 1070 g/mol. The van der Waals surface area contributed by atoms with Crippen LogP contribution in [0.2, 0.25) is 0 Å². The molecule has 0 radical (unpaired) electrons. The molecule has 14 nitrogen and oxygen atoms in total. The number of carbonyl (C=O) groups is 1. The van der Waals surface area contributed by atoms with Crippen LogP contribution in [0.4, 0.5) is 0 Å². The first kappa shape index (κ1) is 69.3. The first-order valence-corrected chi connectivity index (χ1v) is 30.7. The number of allylic oxidation sites excluding steroid dienone is 5. The van der Waals surface area contributed by atoms with Crippen molar-refractivity contribution in [2.45, 2.75) is 325 Å². The number of aliphatic hydroxyl groups excluding tert-OH is 8. The Hall–Kier alpha value is -1.79. The van der Waals surface area contributed by atoms with Crippen LogP contribution in [0.5, 0.6) is 0 Å². The van der Waals surface area contributed by atoms with E-state index >= 15 is 0 Å². The second kappa shape index (κ2) is 47.1. The van der Waals surface area contributed by atoms with Crippen LogP contribution in [0, 0.1) is 0 Å². The summed E-state index contributed by atoms with van der Waals surface area (Å²) in [4.78, 5) is 13.2. The van der Waals surface area contributed by atoms with E-state index in [1.54, 1.807) is 6.08 Å². The van der Waals surface area contributed by atoms with Gasteiger partial charge in [0.2, 0.25) is 5.91 Å². The van der Waals surface area contributed by atoms with Crippen LogP contribution in [0.1, 0.15) is 251 Å². The highest BCUT2D eigenvalue weighted by Gasteiger charge is 2.51. The topological polar surface area (TPSA) is 228 Å². The van der Waals surface area contributed by atoms with Gasteiger partial charge in [-0.1, -0.05) is 237 Å². The lowest BCUT2D eigenvalue weighted by molar-refractivity contribution is -0.359. The first-order valence-electron chi connectivity index (χ1n) is 30.7. The van der Waals surface area contributed by atoms with Gasteiger partial charge in [-0.15, -0.1) is 0 Å². The van der Waals surface area contributed by atoms with Gasteiger partial charge < -0.3 is 65.1 Å². The summed E-state index contributed by atoms with van der Waals surface area (Å²) in [5, 5.41) is 87.1. The van der Waals surface area contributed by atoms with Gasteiger partial charge in [-0.05, 0) is 44.9 Å². The Kier molecular flexibility index (Phi) is 43.5. The molecule has 2 saturated heterocycles. The second-order valence-electron chi connectivity index (χ2n) is 21.8. The van der Waals surface area contributed by atoms with Gasteiger partial charge in [0.05, 0.1) is 32.0 Å². The number of ether oxygens (including phenoxy) is 4. The highest BCUT2D eigenvalue weighted by molar-refractivity contribution is 5.76. The van der Waals surface area contributed by atoms with E-state index < -0.39 is 86.8 Å². The number of hydrogen-bond donors (Lipinski definition) is 9. The standard InChI is InChI=1S/C61H113NO13/c1-3-5-7-9-11-13-15-17-19-20-21-22-23-24-25-26-27-28-29-31-32-34-36-38-40-42-44-50(65)49(62-53(66)45-43-41-39-37-35-33-30-18-16-14-12-10-8-6-4-2)48-72-60-58(71)56(69)59(52(47-64)74-60)75-61-57(70)55(68)54(67)51(46-63)73-61/h28-29,34,36,42,44,49-52,54-61,63-65,67-71H,3-27,30-33,35,37-41,43,45-48H2,1-2H3,(H,62,66)/b29-28+,36-34+,44-42+. The molecule has 12 atom stereocenters. The Morgan fingerprint density at radius 3 is 1.31 bits per heavy atom. The summed E-state index contributed by atoms with van der Waals surface area (Å²) < 4.78 is 22.8. The zero-order valence-electron chi connectivity index (χ0n) is 47.3. The van der Waals surface area contributed by atoms with E-state index in [1.165, 1.54) is 173 Å². The van der Waals surface area contributed by atoms with Crippen LogP contribution in [-0.4, -0.2) is 140 Å². The van der Waals surface area contributed by atoms with Crippen LogP contribution < -0.4 is 5.32 Å². The van der Waals surface area contributed by atoms with Crippen LogP contribution in [0.25, 0.3) is 0 Å². The Labute approximate surface area is 455 Å². The lowest BCUT2D eigenvalue weighted by atomic mass is 9.97. The van der Waals surface area contributed by atoms with Gasteiger partial charge in [0.15, 0.2) is 12.6 Å². The van der Waals surface area contributed by atoms with Crippen LogP contribution >= 0.6 is 0 Å². The minimum Gasteiger partial charge on any atom is -0.394 e. The second-order valence-corrected chi connectivity index (χ2v) is 21.8. The number of rotatable bonds is 49. The van der Waals surface area contributed by atoms with Crippen LogP contribution in [0.3, 0.4) is 0 Å². The zero-order valence-corrected chi connectivity index (χ0v) is 47.3. The molecule has 14 heteroatoms. The van der Waals surface area contributed by atoms with Gasteiger partial charge in [-0.2, -0.15) is 0 Å². The number of carbonyl (C=O) groups excluding carboxylic acids is 1. The van der Waals surface area contributed by atoms with Crippen molar-refractivity contribution >= 4 is 5.91 Å². The molecule has 0 aliphatic carbocycles. The molecule has 2 fully saturated rings. The Balaban J connectivity index is 1.76. The SMILES string of the molecule is CCCCCCCCCCCCCCCCCC/C=C/CC/C=C/CC/C=C/C(O)C(COC1OC(CO)C(OC2OC(CO)C(O)C(O)C2O)C(O)C1O)NC(=O)CCCCCCCCCCCCCCCCC. The molecule has 2 aliphatic heterocycles. The number of unbranched alkanes of at least 4 members (excludes halogenated alkanes) is 32. The van der Waals surface area contributed by atoms with Gasteiger partial charge >= 0.3 is 0 Å². The van der Waals surface area contributed by atoms with Gasteiger partial charge in [-0.25, -0.2) is 0 Å². The van der Waals surface area contributed by atoms with E-state index in [9.17, 15) is 45.6 Å². The molecular formula is C61H113NO13. The maximum atomic E-state index is 13.2. The normalized spacial score (nSPS) is 25.3. The molecule has 0 saturated carbocycles. The van der Waals surface area contributed by atoms with Gasteiger partial charge in [0.25, 0.3) is 0 Å². The average molecular weight is 1070 g/mol. The lowest BCUT2D eigenvalue weighted by Gasteiger charge is -2.46. The molecule has 2 heterocycles. The van der Waals surface area contributed by atoms with Crippen molar-refractivity contribution < 1.29 is 64.6 Å². The van der Waals surface area contributed by atoms with Crippen molar-refractivity contribution in [1.82, 2.24) is 5.32 Å². The molecule has 0 bridgehead atoms. The smallest absolute Gasteiger partial charge is 0.220 e. The highest BCUT2D eigenvalue weighted by Crippen LogP contribution is 2.30. The summed E-state index contributed by atoms with van der Waals surface area (Å²) in [6.45, 7) is 2.79. The van der Waals surface area contributed by atoms with Crippen molar-refractivity contribution in [3.05, 3.63) is 36.5 Å². The molecule has 12 unspecified atom stereocenters. The van der Waals surface area contributed by atoms with E-state index in [4.69, 9.17) is 18.9 Å². The largest absolute Gasteiger partial charge is 0.394 e. The van der Waals surface area contributed by atoms with Crippen LogP contribution in [-0.2, 0) is 23.7 Å². The molecule has 440 valence electrons. The predicted octanol–water partition coefficient (Wildman–Crippen LogP) is 10.6. The maximum Gasteiger partial charge on any atom is 0.220 e. The van der Waals surface area contributed by atoms with Crippen molar-refractivity contribution in [3.8, 4) is 0 Å². The fraction of sp³-hybridized carbons (Fsp3) is 0.885. The summed E-state index contributed by atoms with van der Waals surface area (Å²) in [5.41, 5.74) is 0. The maximum absolute atomic E-state index is 13.2. The molecule has 0 aromatic carbocycles. The van der Waals surface area contributed by atoms with Gasteiger partial charge in [0, 0.05) is 6.42 Å². The molecule has 2 rings (SSSR count). The number of nitrogens with one attached hydrogen (secondary N) is 1. The van der Waals surface area contributed by atoms with Crippen molar-refractivity contribution in [1.29, 1.82) is 0 Å². The Morgan fingerprint density at radius 1 is 0.467 bits per heavy atom. The summed E-state index contributed by atoms with van der Waals surface area (Å²) in [7, 11) is 0. The highest BCUT2D eigenvalue weighted by atomic mass is 16.7. The third-order valence-corrected chi connectivity index (χ3v) is 15.1. The zero-order chi connectivity index (χ0) is 54.6. The van der Waals surface area contributed by atoms with Crippen molar-refractivity contribution in [3.63, 3.8) is 0 Å². The predicted molar refractivity (Wildman–Crippen MR) is 300 cm³/mol. The summed E-state index contributed by atoms with van der Waals surface area (Å²) in [6, 6.07) is -0.935. The molecule has 0 aromatic heterocycles. The minimum atomic E-state index is -1.79. The molecule has 75 heavy (non-hydrogen) atoms. The summed E-state index contributed by atoms with van der Waals surface area (Å²) in [6.07, 6.45) is 40.5. The van der Waals surface area contributed by atoms with E-state index in [2.05, 4.69) is 43.5 Å². The molecule has 0 spiro atoms. The molecule has 1 amide bonds. The molecule has 2 aliphatic rings. The minimum absolute atomic E-state index is 0.251. The molecule has 0 aromatic rings. The van der Waals surface area contributed by atoms with E-state index in [0.29, 0.717) is 12.8 Å². The van der Waals surface area contributed by atoms with Gasteiger partial charge in [0.1, 0.15) is 48.8 Å². The Morgan fingerprint density at radius 2 is 0.853 bits per heavy atom. The number of hydrogen-bond acceptors (Lipinski definition) is 13. The lowest BCUT2D eigenvalue weighted by Crippen LogP contribution is -2.65. The molecular weight excluding hydrogens is 955 g/mol.